The van der Waals surface area contributed by atoms with E-state index in [1.807, 2.05) is 36.4 Å². The third kappa shape index (κ3) is 5.77. The van der Waals surface area contributed by atoms with E-state index in [1.165, 1.54) is 17.4 Å². The van der Waals surface area contributed by atoms with Crippen LogP contribution < -0.4 is 5.32 Å². The maximum atomic E-state index is 13.0. The van der Waals surface area contributed by atoms with Crippen molar-refractivity contribution in [2.24, 2.45) is 0 Å². The normalized spacial score (nSPS) is 11.1. The van der Waals surface area contributed by atoms with E-state index in [2.05, 4.69) is 21.2 Å². The highest BCUT2D eigenvalue weighted by atomic mass is 79.9. The van der Waals surface area contributed by atoms with E-state index in [4.69, 9.17) is 20.8 Å². The van der Waals surface area contributed by atoms with E-state index in [0.29, 0.717) is 22.1 Å². The maximum absolute atomic E-state index is 13.0. The number of halogens is 2. The lowest BCUT2D eigenvalue weighted by Gasteiger charge is -2.08. The van der Waals surface area contributed by atoms with Gasteiger partial charge in [-0.1, -0.05) is 51.8 Å². The molecule has 0 bridgehead atoms. The summed E-state index contributed by atoms with van der Waals surface area (Å²) in [6.07, 6.45) is 1.34. The second kappa shape index (κ2) is 11.4. The number of hydrogen-bond acceptors (Lipinski definition) is 6. The van der Waals surface area contributed by atoms with Gasteiger partial charge in [0.05, 0.1) is 6.61 Å². The number of hydrogen-bond donors (Lipinski definition) is 1. The van der Waals surface area contributed by atoms with Gasteiger partial charge in [-0.25, -0.2) is 4.79 Å². The van der Waals surface area contributed by atoms with Crippen LogP contribution in [0.5, 0.6) is 0 Å². The molecule has 0 radical (unpaired) electrons. The minimum Gasteiger partial charge on any atom is -0.462 e. The third-order valence-corrected chi connectivity index (χ3v) is 6.70. The van der Waals surface area contributed by atoms with Gasteiger partial charge < -0.3 is 14.5 Å². The van der Waals surface area contributed by atoms with Crippen LogP contribution in [0.4, 0.5) is 5.00 Å². The molecule has 1 amide bonds. The molecule has 2 aromatic heterocycles. The average molecular weight is 582 g/mol. The second-order valence-corrected chi connectivity index (χ2v) is 9.65. The van der Waals surface area contributed by atoms with Crippen LogP contribution in [0.1, 0.15) is 23.0 Å². The van der Waals surface area contributed by atoms with Crippen molar-refractivity contribution < 1.29 is 18.7 Å². The first-order chi connectivity index (χ1) is 17.4. The van der Waals surface area contributed by atoms with Crippen LogP contribution in [-0.2, 0) is 9.53 Å². The van der Waals surface area contributed by atoms with E-state index >= 15 is 0 Å². The summed E-state index contributed by atoms with van der Waals surface area (Å²) in [6.45, 7) is 1.89. The summed E-state index contributed by atoms with van der Waals surface area (Å²) < 4.78 is 11.9. The largest absolute Gasteiger partial charge is 0.462 e. The average Bonchev–Trinajstić information content (AvgIpc) is 3.50. The smallest absolute Gasteiger partial charge is 0.341 e. The molecular weight excluding hydrogens is 564 g/mol. The van der Waals surface area contributed by atoms with E-state index in [9.17, 15) is 14.9 Å². The predicted molar refractivity (Wildman–Crippen MR) is 145 cm³/mol. The predicted octanol–water partition coefficient (Wildman–Crippen LogP) is 7.81. The van der Waals surface area contributed by atoms with Crippen LogP contribution in [0.3, 0.4) is 0 Å². The summed E-state index contributed by atoms with van der Waals surface area (Å²) in [6, 6.07) is 19.9. The number of carbonyl (C=O) groups excluding carboxylic acids is 2. The van der Waals surface area contributed by atoms with Crippen LogP contribution in [-0.4, -0.2) is 18.5 Å². The Kier molecular flexibility index (Phi) is 8.06. The number of nitriles is 1. The number of rotatable bonds is 7. The van der Waals surface area contributed by atoms with Crippen LogP contribution in [0.25, 0.3) is 28.5 Å². The molecule has 36 heavy (non-hydrogen) atoms. The van der Waals surface area contributed by atoms with Crippen LogP contribution in [0.2, 0.25) is 5.02 Å². The SMILES string of the molecule is CCOC(=O)c1c(-c2ccc(Br)cc2)csc1NC(=O)/C(C#N)=C/c1ccc(-c2cccc(Cl)c2)o1. The number of anilines is 1. The molecule has 0 saturated carbocycles. The van der Waals surface area contributed by atoms with Crippen molar-refractivity contribution in [2.75, 3.05) is 11.9 Å². The minimum atomic E-state index is -0.673. The molecule has 4 rings (SSSR count). The Bertz CT molecular complexity index is 1500. The standard InChI is InChI=1S/C27H18BrClN2O4S/c1-2-34-27(33)24-22(16-6-8-19(28)9-7-16)15-36-26(24)31-25(32)18(14-30)13-21-10-11-23(35-21)17-4-3-5-20(29)12-17/h3-13,15H,2H2,1H3,(H,31,32)/b18-13+. The molecule has 0 spiro atoms. The number of amides is 1. The number of thiophene rings is 1. The Morgan fingerprint density at radius 3 is 2.64 bits per heavy atom. The van der Waals surface area contributed by atoms with Gasteiger partial charge >= 0.3 is 5.97 Å². The molecule has 180 valence electrons. The van der Waals surface area contributed by atoms with E-state index in [1.54, 1.807) is 42.6 Å². The molecule has 0 aliphatic heterocycles. The lowest BCUT2D eigenvalue weighted by Crippen LogP contribution is -2.16. The molecule has 2 heterocycles. The molecular formula is C27H18BrClN2O4S. The van der Waals surface area contributed by atoms with Gasteiger partial charge in [0.2, 0.25) is 0 Å². The molecule has 9 heteroatoms. The molecule has 0 fully saturated rings. The van der Waals surface area contributed by atoms with Crippen molar-refractivity contribution >= 4 is 61.8 Å². The molecule has 0 saturated heterocycles. The summed E-state index contributed by atoms with van der Waals surface area (Å²) in [5.74, 6) is -0.368. The quantitative estimate of drug-likeness (QED) is 0.136. The lowest BCUT2D eigenvalue weighted by atomic mass is 10.0. The summed E-state index contributed by atoms with van der Waals surface area (Å²) in [5, 5.41) is 14.9. The van der Waals surface area contributed by atoms with Gasteiger partial charge in [-0.3, -0.25) is 4.79 Å². The highest BCUT2D eigenvalue weighted by Gasteiger charge is 2.24. The highest BCUT2D eigenvalue weighted by molar-refractivity contribution is 9.10. The molecule has 6 nitrogen and oxygen atoms in total. The van der Waals surface area contributed by atoms with Crippen molar-refractivity contribution in [1.29, 1.82) is 5.26 Å². The molecule has 4 aromatic rings. The molecule has 2 aromatic carbocycles. The topological polar surface area (TPSA) is 92.3 Å². The number of nitrogens with zero attached hydrogens (tertiary/aromatic N) is 1. The number of ether oxygens (including phenoxy) is 1. The van der Waals surface area contributed by atoms with Gasteiger partial charge in [0.25, 0.3) is 5.91 Å². The number of carbonyl (C=O) groups is 2. The highest BCUT2D eigenvalue weighted by Crippen LogP contribution is 2.37. The molecule has 1 N–H and O–H groups in total. The van der Waals surface area contributed by atoms with Crippen molar-refractivity contribution in [3.63, 3.8) is 0 Å². The number of furan rings is 1. The Morgan fingerprint density at radius 2 is 1.94 bits per heavy atom. The minimum absolute atomic E-state index is 0.179. The number of benzene rings is 2. The third-order valence-electron chi connectivity index (χ3n) is 5.04. The van der Waals surface area contributed by atoms with Crippen molar-refractivity contribution in [1.82, 2.24) is 0 Å². The van der Waals surface area contributed by atoms with E-state index < -0.39 is 11.9 Å². The van der Waals surface area contributed by atoms with Crippen molar-refractivity contribution in [2.45, 2.75) is 6.92 Å². The monoisotopic (exact) mass is 580 g/mol. The van der Waals surface area contributed by atoms with Crippen molar-refractivity contribution in [3.05, 3.63) is 92.4 Å². The van der Waals surface area contributed by atoms with Gasteiger partial charge in [0, 0.05) is 32.1 Å². The Balaban J connectivity index is 1.62. The number of esters is 1. The van der Waals surface area contributed by atoms with Crippen LogP contribution in [0.15, 0.2) is 80.5 Å². The zero-order chi connectivity index (χ0) is 25.7. The fourth-order valence-corrected chi connectivity index (χ4v) is 4.79. The van der Waals surface area contributed by atoms with E-state index in [-0.39, 0.29) is 22.7 Å². The molecule has 0 unspecified atom stereocenters. The van der Waals surface area contributed by atoms with Crippen LogP contribution in [0, 0.1) is 11.3 Å². The van der Waals surface area contributed by atoms with Crippen molar-refractivity contribution in [3.8, 4) is 28.5 Å². The lowest BCUT2D eigenvalue weighted by molar-refractivity contribution is -0.112. The van der Waals surface area contributed by atoms with Gasteiger partial charge in [-0.15, -0.1) is 11.3 Å². The van der Waals surface area contributed by atoms with Gasteiger partial charge in [-0.05, 0) is 48.9 Å². The Hall–Kier alpha value is -3.64. The van der Waals surface area contributed by atoms with Gasteiger partial charge in [0.1, 0.15) is 33.7 Å². The Labute approximate surface area is 224 Å². The number of nitrogens with one attached hydrogen (secondary N) is 1. The zero-order valence-electron chi connectivity index (χ0n) is 18.9. The summed E-state index contributed by atoms with van der Waals surface area (Å²) in [7, 11) is 0. The Morgan fingerprint density at radius 1 is 1.17 bits per heavy atom. The second-order valence-electron chi connectivity index (χ2n) is 7.42. The van der Waals surface area contributed by atoms with Gasteiger partial charge in [0.15, 0.2) is 0 Å². The zero-order valence-corrected chi connectivity index (χ0v) is 22.0. The first kappa shape index (κ1) is 25.5. The summed E-state index contributed by atoms with van der Waals surface area (Å²) in [5.41, 5.74) is 2.23. The fourth-order valence-electron chi connectivity index (χ4n) is 3.39. The molecule has 0 atom stereocenters. The maximum Gasteiger partial charge on any atom is 0.341 e. The first-order valence-corrected chi connectivity index (χ1v) is 12.8. The summed E-state index contributed by atoms with van der Waals surface area (Å²) >= 11 is 10.6. The molecule has 0 aliphatic carbocycles. The fraction of sp³-hybridized carbons (Fsp3) is 0.0741. The first-order valence-electron chi connectivity index (χ1n) is 10.7. The van der Waals surface area contributed by atoms with Crippen LogP contribution >= 0.6 is 38.9 Å². The molecule has 0 aliphatic rings. The van der Waals surface area contributed by atoms with Gasteiger partial charge in [-0.2, -0.15) is 5.26 Å². The van der Waals surface area contributed by atoms with E-state index in [0.717, 1.165) is 15.6 Å². The summed E-state index contributed by atoms with van der Waals surface area (Å²) in [4.78, 5) is 25.8.